The number of nitrogens with one attached hydrogen (secondary N) is 2. The Morgan fingerprint density at radius 1 is 1.29 bits per heavy atom. The van der Waals surface area contributed by atoms with Crippen LogP contribution in [0.3, 0.4) is 0 Å². The van der Waals surface area contributed by atoms with E-state index in [1.54, 1.807) is 11.3 Å². The molecule has 0 saturated heterocycles. The molecule has 0 bridgehead atoms. The van der Waals surface area contributed by atoms with E-state index in [0.717, 1.165) is 24.6 Å². The van der Waals surface area contributed by atoms with Gasteiger partial charge in [0.05, 0.1) is 12.1 Å². The lowest BCUT2D eigenvalue weighted by atomic mass is 10.4. The lowest BCUT2D eigenvalue weighted by Crippen LogP contribution is -2.07. The molecule has 0 aliphatic heterocycles. The summed E-state index contributed by atoms with van der Waals surface area (Å²) in [6, 6.07) is 1.93. The molecule has 0 unspecified atom stereocenters. The molecule has 0 atom stereocenters. The fraction of sp³-hybridized carbons (Fsp3) is 0.364. The summed E-state index contributed by atoms with van der Waals surface area (Å²) in [5.74, 6) is 1.50. The van der Waals surface area contributed by atoms with E-state index >= 15 is 0 Å². The second-order valence-electron chi connectivity index (χ2n) is 3.57. The SMILES string of the molecule is CCNc1nc(C)cc(NCc2cncs2)n1. The Morgan fingerprint density at radius 2 is 2.18 bits per heavy atom. The van der Waals surface area contributed by atoms with Gasteiger partial charge in [0.2, 0.25) is 5.95 Å². The largest absolute Gasteiger partial charge is 0.365 e. The van der Waals surface area contributed by atoms with Gasteiger partial charge in [0.1, 0.15) is 5.82 Å². The Balaban J connectivity index is 2.04. The Kier molecular flexibility index (Phi) is 3.87. The van der Waals surface area contributed by atoms with E-state index in [9.17, 15) is 0 Å². The average Bonchev–Trinajstić information content (AvgIpc) is 2.79. The van der Waals surface area contributed by atoms with Crippen molar-refractivity contribution in [3.05, 3.63) is 28.3 Å². The second-order valence-corrected chi connectivity index (χ2v) is 4.54. The van der Waals surface area contributed by atoms with Crippen molar-refractivity contribution in [3.63, 3.8) is 0 Å². The Morgan fingerprint density at radius 3 is 2.88 bits per heavy atom. The third-order valence-corrected chi connectivity index (χ3v) is 2.90. The molecule has 2 N–H and O–H groups in total. The lowest BCUT2D eigenvalue weighted by Gasteiger charge is -2.07. The van der Waals surface area contributed by atoms with Gasteiger partial charge in [0, 0.05) is 29.4 Å². The van der Waals surface area contributed by atoms with Crippen LogP contribution in [-0.4, -0.2) is 21.5 Å². The van der Waals surface area contributed by atoms with Gasteiger partial charge < -0.3 is 10.6 Å². The molecule has 2 aromatic heterocycles. The summed E-state index contributed by atoms with van der Waals surface area (Å²) in [7, 11) is 0. The van der Waals surface area contributed by atoms with Gasteiger partial charge in [-0.05, 0) is 13.8 Å². The van der Waals surface area contributed by atoms with Crippen LogP contribution in [-0.2, 0) is 6.54 Å². The van der Waals surface area contributed by atoms with Crippen LogP contribution in [0.2, 0.25) is 0 Å². The van der Waals surface area contributed by atoms with Crippen molar-refractivity contribution in [2.45, 2.75) is 20.4 Å². The standard InChI is InChI=1S/C11H15N5S/c1-3-13-11-15-8(2)4-10(16-11)14-6-9-5-12-7-17-9/h4-5,7H,3,6H2,1-2H3,(H2,13,14,15,16). The van der Waals surface area contributed by atoms with Crippen LogP contribution >= 0.6 is 11.3 Å². The van der Waals surface area contributed by atoms with Crippen LogP contribution in [0.1, 0.15) is 17.5 Å². The van der Waals surface area contributed by atoms with Gasteiger partial charge in [0.15, 0.2) is 0 Å². The van der Waals surface area contributed by atoms with Gasteiger partial charge in [-0.2, -0.15) is 4.98 Å². The van der Waals surface area contributed by atoms with Crippen molar-refractivity contribution in [2.75, 3.05) is 17.2 Å². The molecular formula is C11H15N5S. The first-order valence-corrected chi connectivity index (χ1v) is 6.36. The zero-order valence-electron chi connectivity index (χ0n) is 9.90. The molecular weight excluding hydrogens is 234 g/mol. The fourth-order valence-electron chi connectivity index (χ4n) is 1.40. The van der Waals surface area contributed by atoms with Crippen LogP contribution < -0.4 is 10.6 Å². The summed E-state index contributed by atoms with van der Waals surface area (Å²) >= 11 is 1.63. The molecule has 2 aromatic rings. The van der Waals surface area contributed by atoms with Gasteiger partial charge in [0.25, 0.3) is 0 Å². The highest BCUT2D eigenvalue weighted by atomic mass is 32.1. The maximum absolute atomic E-state index is 4.37. The van der Waals surface area contributed by atoms with Crippen LogP contribution in [0.4, 0.5) is 11.8 Å². The fourth-order valence-corrected chi connectivity index (χ4v) is 1.94. The number of rotatable bonds is 5. The summed E-state index contributed by atoms with van der Waals surface area (Å²) in [5.41, 5.74) is 2.77. The molecule has 0 aliphatic rings. The normalized spacial score (nSPS) is 10.2. The quantitative estimate of drug-likeness (QED) is 0.851. The average molecular weight is 249 g/mol. The smallest absolute Gasteiger partial charge is 0.224 e. The topological polar surface area (TPSA) is 62.7 Å². The van der Waals surface area contributed by atoms with Crippen LogP contribution in [0.25, 0.3) is 0 Å². The highest BCUT2D eigenvalue weighted by Gasteiger charge is 2.01. The number of thiazole rings is 1. The first-order valence-electron chi connectivity index (χ1n) is 5.48. The van der Waals surface area contributed by atoms with E-state index in [2.05, 4.69) is 25.6 Å². The molecule has 6 heteroatoms. The lowest BCUT2D eigenvalue weighted by molar-refractivity contribution is 1.03. The summed E-state index contributed by atoms with van der Waals surface area (Å²) in [4.78, 5) is 13.9. The minimum absolute atomic E-state index is 0.666. The third-order valence-electron chi connectivity index (χ3n) is 2.12. The molecule has 2 rings (SSSR count). The van der Waals surface area contributed by atoms with Crippen molar-refractivity contribution >= 4 is 23.1 Å². The molecule has 0 aromatic carbocycles. The molecule has 90 valence electrons. The Bertz CT molecular complexity index is 469. The van der Waals surface area contributed by atoms with Gasteiger partial charge in [-0.25, -0.2) is 4.98 Å². The van der Waals surface area contributed by atoms with Gasteiger partial charge in [-0.3, -0.25) is 4.98 Å². The predicted molar refractivity (Wildman–Crippen MR) is 70.4 cm³/mol. The summed E-state index contributed by atoms with van der Waals surface area (Å²) in [6.45, 7) is 5.54. The van der Waals surface area contributed by atoms with Crippen molar-refractivity contribution in [1.82, 2.24) is 15.0 Å². The molecule has 0 fully saturated rings. The van der Waals surface area contributed by atoms with Gasteiger partial charge in [-0.15, -0.1) is 11.3 Å². The molecule has 0 amide bonds. The Labute approximate surface area is 104 Å². The van der Waals surface area contributed by atoms with Crippen LogP contribution in [0.5, 0.6) is 0 Å². The molecule has 0 aliphatic carbocycles. The van der Waals surface area contributed by atoms with Crippen molar-refractivity contribution < 1.29 is 0 Å². The van der Waals surface area contributed by atoms with E-state index in [1.165, 1.54) is 4.88 Å². The van der Waals surface area contributed by atoms with Crippen molar-refractivity contribution in [3.8, 4) is 0 Å². The molecule has 17 heavy (non-hydrogen) atoms. The van der Waals surface area contributed by atoms with E-state index < -0.39 is 0 Å². The van der Waals surface area contributed by atoms with Gasteiger partial charge >= 0.3 is 0 Å². The molecule has 0 spiro atoms. The zero-order chi connectivity index (χ0) is 12.1. The molecule has 5 nitrogen and oxygen atoms in total. The number of aryl methyl sites for hydroxylation is 1. The summed E-state index contributed by atoms with van der Waals surface area (Å²) < 4.78 is 0. The van der Waals surface area contributed by atoms with E-state index in [-0.39, 0.29) is 0 Å². The molecule has 0 saturated carbocycles. The number of anilines is 2. The minimum Gasteiger partial charge on any atom is -0.365 e. The first kappa shape index (κ1) is 11.8. The zero-order valence-corrected chi connectivity index (χ0v) is 10.7. The number of nitrogens with zero attached hydrogens (tertiary/aromatic N) is 3. The maximum atomic E-state index is 4.37. The molecule has 0 radical (unpaired) electrons. The highest BCUT2D eigenvalue weighted by Crippen LogP contribution is 2.12. The summed E-state index contributed by atoms with van der Waals surface area (Å²) in [5, 5.41) is 6.38. The van der Waals surface area contributed by atoms with E-state index in [4.69, 9.17) is 0 Å². The predicted octanol–water partition coefficient (Wildman–Crippen LogP) is 2.29. The summed E-state index contributed by atoms with van der Waals surface area (Å²) in [6.07, 6.45) is 1.86. The number of aromatic nitrogens is 3. The number of hydrogen-bond donors (Lipinski definition) is 2. The first-order chi connectivity index (χ1) is 8.28. The van der Waals surface area contributed by atoms with E-state index in [0.29, 0.717) is 5.95 Å². The van der Waals surface area contributed by atoms with E-state index in [1.807, 2.05) is 31.6 Å². The van der Waals surface area contributed by atoms with Crippen LogP contribution in [0.15, 0.2) is 17.8 Å². The Hall–Kier alpha value is -1.69. The maximum Gasteiger partial charge on any atom is 0.224 e. The van der Waals surface area contributed by atoms with Gasteiger partial charge in [-0.1, -0.05) is 0 Å². The van der Waals surface area contributed by atoms with Crippen LogP contribution in [0, 0.1) is 6.92 Å². The monoisotopic (exact) mass is 249 g/mol. The third kappa shape index (κ3) is 3.39. The number of hydrogen-bond acceptors (Lipinski definition) is 6. The second kappa shape index (κ2) is 5.58. The minimum atomic E-state index is 0.666. The van der Waals surface area contributed by atoms with Crippen molar-refractivity contribution in [2.24, 2.45) is 0 Å². The van der Waals surface area contributed by atoms with Crippen molar-refractivity contribution in [1.29, 1.82) is 0 Å². The highest BCUT2D eigenvalue weighted by molar-refractivity contribution is 7.09. The molecule has 2 heterocycles.